The molecule has 0 spiro atoms. The molecule has 0 atom stereocenters. The van der Waals surface area contributed by atoms with Crippen LogP contribution in [0, 0.1) is 11.3 Å². The number of fused-ring (bicyclic) bond motifs is 1. The summed E-state index contributed by atoms with van der Waals surface area (Å²) in [5.41, 5.74) is 2.60. The average molecular weight is 303 g/mol. The highest BCUT2D eigenvalue weighted by molar-refractivity contribution is 5.88. The lowest BCUT2D eigenvalue weighted by molar-refractivity contribution is -0.131. The third-order valence-corrected chi connectivity index (χ3v) is 3.90. The zero-order valence-electron chi connectivity index (χ0n) is 12.9. The average Bonchev–Trinajstić information content (AvgIpc) is 2.94. The van der Waals surface area contributed by atoms with E-state index in [1.165, 1.54) is 0 Å². The summed E-state index contributed by atoms with van der Waals surface area (Å²) in [5, 5.41) is 10.1. The van der Waals surface area contributed by atoms with Crippen LogP contribution < -0.4 is 0 Å². The summed E-state index contributed by atoms with van der Waals surface area (Å²) in [6, 6.07) is 19.7. The van der Waals surface area contributed by atoms with Crippen molar-refractivity contribution < 1.29 is 4.79 Å². The van der Waals surface area contributed by atoms with Crippen molar-refractivity contribution in [3.05, 3.63) is 71.9 Å². The zero-order chi connectivity index (χ0) is 16.2. The van der Waals surface area contributed by atoms with Gasteiger partial charge in [-0.2, -0.15) is 5.26 Å². The Bertz CT molecular complexity index is 875. The minimum atomic E-state index is 0.0131. The minimum Gasteiger partial charge on any atom is -0.340 e. The van der Waals surface area contributed by atoms with Gasteiger partial charge in [0.25, 0.3) is 0 Å². The monoisotopic (exact) mass is 303 g/mol. The van der Waals surface area contributed by atoms with Crippen LogP contribution in [0.3, 0.4) is 0 Å². The Balaban J connectivity index is 1.79. The lowest BCUT2D eigenvalue weighted by Crippen LogP contribution is -2.29. The molecular weight excluding hydrogens is 286 g/mol. The van der Waals surface area contributed by atoms with Gasteiger partial charge >= 0.3 is 0 Å². The number of nitriles is 1. The van der Waals surface area contributed by atoms with E-state index in [2.05, 4.69) is 6.07 Å². The van der Waals surface area contributed by atoms with Crippen LogP contribution in [-0.2, 0) is 17.9 Å². The third kappa shape index (κ3) is 3.09. The molecule has 1 heterocycles. The maximum atomic E-state index is 12.5. The van der Waals surface area contributed by atoms with Gasteiger partial charge < -0.3 is 9.47 Å². The maximum absolute atomic E-state index is 12.5. The molecule has 4 heteroatoms. The van der Waals surface area contributed by atoms with E-state index in [1.807, 2.05) is 59.2 Å². The SMILES string of the molecule is CN(Cc1ccccc1)C(=O)Cn1cc(C#N)c2ccccc21. The van der Waals surface area contributed by atoms with Crippen molar-refractivity contribution >= 4 is 16.8 Å². The molecule has 23 heavy (non-hydrogen) atoms. The van der Waals surface area contributed by atoms with Crippen molar-refractivity contribution in [1.82, 2.24) is 9.47 Å². The third-order valence-electron chi connectivity index (χ3n) is 3.90. The fraction of sp³-hybridized carbons (Fsp3) is 0.158. The molecule has 4 nitrogen and oxygen atoms in total. The molecule has 114 valence electrons. The molecule has 0 saturated carbocycles. The number of aromatic nitrogens is 1. The molecule has 0 N–H and O–H groups in total. The second kappa shape index (κ2) is 6.37. The van der Waals surface area contributed by atoms with Crippen LogP contribution in [0.15, 0.2) is 60.8 Å². The number of amides is 1. The van der Waals surface area contributed by atoms with E-state index >= 15 is 0 Å². The van der Waals surface area contributed by atoms with Crippen LogP contribution in [0.2, 0.25) is 0 Å². The highest BCUT2D eigenvalue weighted by Gasteiger charge is 2.13. The van der Waals surface area contributed by atoms with E-state index in [1.54, 1.807) is 18.1 Å². The molecule has 2 aromatic carbocycles. The van der Waals surface area contributed by atoms with Gasteiger partial charge in [0.15, 0.2) is 0 Å². The van der Waals surface area contributed by atoms with Crippen molar-refractivity contribution in [2.24, 2.45) is 0 Å². The molecule has 0 unspecified atom stereocenters. The van der Waals surface area contributed by atoms with Gasteiger partial charge in [-0.05, 0) is 11.6 Å². The van der Waals surface area contributed by atoms with E-state index in [0.29, 0.717) is 12.1 Å². The Morgan fingerprint density at radius 1 is 1.13 bits per heavy atom. The molecule has 0 aliphatic heterocycles. The standard InChI is InChI=1S/C19H17N3O/c1-21(12-15-7-3-2-4-8-15)19(23)14-22-13-16(11-20)17-9-5-6-10-18(17)22/h2-10,13H,12,14H2,1H3. The Morgan fingerprint density at radius 3 is 2.57 bits per heavy atom. The number of carbonyl (C=O) groups excluding carboxylic acids is 1. The lowest BCUT2D eigenvalue weighted by atomic mass is 10.2. The number of para-hydroxylation sites is 1. The molecular formula is C19H17N3O. The predicted octanol–water partition coefficient (Wildman–Crippen LogP) is 3.17. The molecule has 3 rings (SSSR count). The van der Waals surface area contributed by atoms with E-state index in [0.717, 1.165) is 16.5 Å². The van der Waals surface area contributed by atoms with Gasteiger partial charge in [-0.25, -0.2) is 0 Å². The second-order valence-corrected chi connectivity index (χ2v) is 5.54. The van der Waals surface area contributed by atoms with Crippen LogP contribution in [0.1, 0.15) is 11.1 Å². The van der Waals surface area contributed by atoms with Crippen molar-refractivity contribution in [3.63, 3.8) is 0 Å². The van der Waals surface area contributed by atoms with E-state index < -0.39 is 0 Å². The minimum absolute atomic E-state index is 0.0131. The van der Waals surface area contributed by atoms with Crippen molar-refractivity contribution in [1.29, 1.82) is 5.26 Å². The predicted molar refractivity (Wildman–Crippen MR) is 89.6 cm³/mol. The van der Waals surface area contributed by atoms with Gasteiger partial charge in [0.1, 0.15) is 12.6 Å². The number of carbonyl (C=O) groups is 1. The fourth-order valence-electron chi connectivity index (χ4n) is 2.68. The molecule has 3 aromatic rings. The summed E-state index contributed by atoms with van der Waals surface area (Å²) in [5.74, 6) is 0.0131. The Morgan fingerprint density at radius 2 is 1.83 bits per heavy atom. The number of hydrogen-bond donors (Lipinski definition) is 0. The lowest BCUT2D eigenvalue weighted by Gasteiger charge is -2.18. The van der Waals surface area contributed by atoms with Gasteiger partial charge in [0.2, 0.25) is 5.91 Å². The Kier molecular flexibility index (Phi) is 4.11. The van der Waals surface area contributed by atoms with Gasteiger partial charge in [-0.1, -0.05) is 48.5 Å². The highest BCUT2D eigenvalue weighted by Crippen LogP contribution is 2.20. The summed E-state index contributed by atoms with van der Waals surface area (Å²) in [6.07, 6.45) is 1.75. The van der Waals surface area contributed by atoms with Gasteiger partial charge in [-0.15, -0.1) is 0 Å². The highest BCUT2D eigenvalue weighted by atomic mass is 16.2. The summed E-state index contributed by atoms with van der Waals surface area (Å²) in [6.45, 7) is 0.801. The van der Waals surface area contributed by atoms with Crippen LogP contribution in [0.4, 0.5) is 0 Å². The van der Waals surface area contributed by atoms with Crippen LogP contribution in [-0.4, -0.2) is 22.4 Å². The number of rotatable bonds is 4. The van der Waals surface area contributed by atoms with E-state index in [4.69, 9.17) is 0 Å². The summed E-state index contributed by atoms with van der Waals surface area (Å²) in [7, 11) is 1.80. The summed E-state index contributed by atoms with van der Waals surface area (Å²) < 4.78 is 1.84. The molecule has 0 radical (unpaired) electrons. The van der Waals surface area contributed by atoms with Crippen molar-refractivity contribution in [2.45, 2.75) is 13.1 Å². The quantitative estimate of drug-likeness (QED) is 0.743. The number of nitrogens with zero attached hydrogens (tertiary/aromatic N) is 3. The Hall–Kier alpha value is -3.06. The molecule has 1 amide bonds. The number of likely N-dealkylation sites (N-methyl/N-ethyl adjacent to an activating group) is 1. The van der Waals surface area contributed by atoms with Crippen LogP contribution in [0.5, 0.6) is 0 Å². The molecule has 0 bridgehead atoms. The topological polar surface area (TPSA) is 49.0 Å². The first-order valence-electron chi connectivity index (χ1n) is 7.45. The van der Waals surface area contributed by atoms with Crippen molar-refractivity contribution in [3.8, 4) is 6.07 Å². The maximum Gasteiger partial charge on any atom is 0.242 e. The smallest absolute Gasteiger partial charge is 0.242 e. The van der Waals surface area contributed by atoms with E-state index in [9.17, 15) is 10.1 Å². The molecule has 0 aliphatic carbocycles. The fourth-order valence-corrected chi connectivity index (χ4v) is 2.68. The number of benzene rings is 2. The first-order valence-corrected chi connectivity index (χ1v) is 7.45. The molecule has 0 aliphatic rings. The summed E-state index contributed by atoms with van der Waals surface area (Å²) >= 11 is 0. The zero-order valence-corrected chi connectivity index (χ0v) is 12.9. The normalized spacial score (nSPS) is 10.4. The van der Waals surface area contributed by atoms with E-state index in [-0.39, 0.29) is 12.5 Å². The van der Waals surface area contributed by atoms with Gasteiger partial charge in [0, 0.05) is 30.7 Å². The van der Waals surface area contributed by atoms with Gasteiger partial charge in [0.05, 0.1) is 5.56 Å². The summed E-state index contributed by atoms with van der Waals surface area (Å²) in [4.78, 5) is 14.2. The van der Waals surface area contributed by atoms with Crippen LogP contribution in [0.25, 0.3) is 10.9 Å². The largest absolute Gasteiger partial charge is 0.340 e. The second-order valence-electron chi connectivity index (χ2n) is 5.54. The molecule has 1 aromatic heterocycles. The first kappa shape index (κ1) is 14.9. The van der Waals surface area contributed by atoms with Gasteiger partial charge in [-0.3, -0.25) is 4.79 Å². The van der Waals surface area contributed by atoms with Crippen LogP contribution >= 0.6 is 0 Å². The number of hydrogen-bond acceptors (Lipinski definition) is 2. The first-order chi connectivity index (χ1) is 11.2. The Labute approximate surface area is 135 Å². The van der Waals surface area contributed by atoms with Crippen molar-refractivity contribution in [2.75, 3.05) is 7.05 Å². The molecule has 0 fully saturated rings. The molecule has 0 saturated heterocycles.